The number of hydrogen-bond acceptors (Lipinski definition) is 5. The van der Waals surface area contributed by atoms with Gasteiger partial charge in [0.15, 0.2) is 0 Å². The molecular formula is C27H35N3O4. The minimum atomic E-state index is -0.329. The van der Waals surface area contributed by atoms with Gasteiger partial charge in [-0.1, -0.05) is 12.1 Å². The molecule has 2 bridgehead atoms. The van der Waals surface area contributed by atoms with Crippen LogP contribution in [0, 0.1) is 28.6 Å². The van der Waals surface area contributed by atoms with Crippen molar-refractivity contribution < 1.29 is 19.1 Å². The van der Waals surface area contributed by atoms with Gasteiger partial charge in [0.2, 0.25) is 11.8 Å². The zero-order valence-electron chi connectivity index (χ0n) is 20.1. The number of benzene rings is 1. The molecule has 0 radical (unpaired) electrons. The molecule has 7 heteroatoms. The van der Waals surface area contributed by atoms with Crippen LogP contribution in [0.4, 0.5) is 0 Å². The van der Waals surface area contributed by atoms with Crippen LogP contribution in [0.2, 0.25) is 0 Å². The predicted octanol–water partition coefficient (Wildman–Crippen LogP) is 2.45. The van der Waals surface area contributed by atoms with E-state index in [0.717, 1.165) is 43.0 Å². The van der Waals surface area contributed by atoms with Crippen molar-refractivity contribution in [3.63, 3.8) is 0 Å². The number of ether oxygens (including phenoxy) is 1. The number of fused-ring (bicyclic) bond motifs is 1. The van der Waals surface area contributed by atoms with E-state index in [0.29, 0.717) is 30.5 Å². The van der Waals surface area contributed by atoms with Gasteiger partial charge in [-0.3, -0.25) is 14.5 Å². The van der Waals surface area contributed by atoms with Gasteiger partial charge >= 0.3 is 5.97 Å². The summed E-state index contributed by atoms with van der Waals surface area (Å²) in [5, 5.41) is 2.95. The highest BCUT2D eigenvalue weighted by atomic mass is 16.5. The Hall–Kier alpha value is -2.41. The number of nitrogens with one attached hydrogen (secondary N) is 1. The fourth-order valence-electron chi connectivity index (χ4n) is 8.42. The Bertz CT molecular complexity index is 982. The third kappa shape index (κ3) is 3.46. The molecule has 1 spiro atoms. The van der Waals surface area contributed by atoms with Gasteiger partial charge in [0, 0.05) is 39.1 Å². The minimum absolute atomic E-state index is 0.0181. The lowest BCUT2D eigenvalue weighted by atomic mass is 9.38. The highest BCUT2D eigenvalue weighted by Crippen LogP contribution is 2.85. The van der Waals surface area contributed by atoms with E-state index in [-0.39, 0.29) is 29.7 Å². The Labute approximate surface area is 201 Å². The van der Waals surface area contributed by atoms with Crippen LogP contribution in [0.15, 0.2) is 24.3 Å². The lowest BCUT2D eigenvalue weighted by Gasteiger charge is -2.66. The molecule has 1 N–H and O–H groups in total. The molecule has 2 amide bonds. The summed E-state index contributed by atoms with van der Waals surface area (Å²) in [4.78, 5) is 41.2. The maximum Gasteiger partial charge on any atom is 0.337 e. The van der Waals surface area contributed by atoms with Gasteiger partial charge in [-0.25, -0.2) is 4.79 Å². The molecule has 1 saturated heterocycles. The maximum absolute atomic E-state index is 12.7. The van der Waals surface area contributed by atoms with E-state index < -0.39 is 0 Å². The van der Waals surface area contributed by atoms with E-state index in [4.69, 9.17) is 4.74 Å². The van der Waals surface area contributed by atoms with Crippen LogP contribution in [0.1, 0.15) is 54.4 Å². The van der Waals surface area contributed by atoms with E-state index in [1.165, 1.54) is 39.2 Å². The summed E-state index contributed by atoms with van der Waals surface area (Å²) >= 11 is 0. The Morgan fingerprint density at radius 2 is 1.68 bits per heavy atom. The first-order chi connectivity index (χ1) is 16.4. The highest BCUT2D eigenvalue weighted by molar-refractivity contribution is 5.89. The fraction of sp³-hybridized carbons (Fsp3) is 0.667. The summed E-state index contributed by atoms with van der Waals surface area (Å²) in [5.74, 6) is 2.50. The molecule has 7 nitrogen and oxygen atoms in total. The van der Waals surface area contributed by atoms with Crippen molar-refractivity contribution in [3.8, 4) is 0 Å². The third-order valence-corrected chi connectivity index (χ3v) is 9.94. The number of carbonyl (C=O) groups excluding carboxylic acids is 3. The number of amides is 2. The second-order valence-corrected chi connectivity index (χ2v) is 11.6. The van der Waals surface area contributed by atoms with Crippen LogP contribution >= 0.6 is 0 Å². The van der Waals surface area contributed by atoms with E-state index in [1.807, 2.05) is 17.0 Å². The van der Waals surface area contributed by atoms with Gasteiger partial charge < -0.3 is 15.0 Å². The summed E-state index contributed by atoms with van der Waals surface area (Å²) < 4.78 is 4.74. The summed E-state index contributed by atoms with van der Waals surface area (Å²) in [6, 6.07) is 7.47. The molecule has 4 aliphatic carbocycles. The van der Waals surface area contributed by atoms with Crippen LogP contribution in [0.3, 0.4) is 0 Å². The van der Waals surface area contributed by atoms with Crippen LogP contribution in [0.25, 0.3) is 0 Å². The van der Waals surface area contributed by atoms with Gasteiger partial charge in [-0.15, -0.1) is 0 Å². The molecule has 2 atom stereocenters. The molecule has 5 aliphatic rings. The van der Waals surface area contributed by atoms with Crippen molar-refractivity contribution >= 4 is 17.8 Å². The van der Waals surface area contributed by atoms with Gasteiger partial charge in [-0.2, -0.15) is 0 Å². The smallest absolute Gasteiger partial charge is 0.337 e. The van der Waals surface area contributed by atoms with Gasteiger partial charge in [0.25, 0.3) is 0 Å². The lowest BCUT2D eigenvalue weighted by Crippen LogP contribution is -2.59. The predicted molar refractivity (Wildman–Crippen MR) is 126 cm³/mol. The van der Waals surface area contributed by atoms with E-state index >= 15 is 0 Å². The quantitative estimate of drug-likeness (QED) is 0.626. The summed E-state index contributed by atoms with van der Waals surface area (Å²) in [7, 11) is 1.38. The average Bonchev–Trinajstić information content (AvgIpc) is 3.30. The Balaban J connectivity index is 0.929. The number of methoxy groups -OCH3 is 1. The van der Waals surface area contributed by atoms with Crippen molar-refractivity contribution in [2.75, 3.05) is 39.8 Å². The molecule has 1 heterocycles. The molecule has 0 aromatic heterocycles. The van der Waals surface area contributed by atoms with Crippen molar-refractivity contribution in [1.29, 1.82) is 0 Å². The summed E-state index contributed by atoms with van der Waals surface area (Å²) in [6.45, 7) is 3.84. The molecule has 6 rings (SSSR count). The summed E-state index contributed by atoms with van der Waals surface area (Å²) in [5.41, 5.74) is 2.55. The number of nitrogens with zero attached hydrogens (tertiary/aromatic N) is 2. The largest absolute Gasteiger partial charge is 0.465 e. The monoisotopic (exact) mass is 465 g/mol. The fourth-order valence-corrected chi connectivity index (χ4v) is 8.42. The average molecular weight is 466 g/mol. The van der Waals surface area contributed by atoms with Crippen molar-refractivity contribution in [2.24, 2.45) is 28.6 Å². The molecule has 2 unspecified atom stereocenters. The van der Waals surface area contributed by atoms with Crippen LogP contribution in [0.5, 0.6) is 0 Å². The number of esters is 1. The van der Waals surface area contributed by atoms with Crippen molar-refractivity contribution in [3.05, 3.63) is 35.4 Å². The Kier molecular flexibility index (Phi) is 5.24. The molecule has 1 aromatic rings. The minimum Gasteiger partial charge on any atom is -0.465 e. The van der Waals surface area contributed by atoms with Crippen LogP contribution in [-0.4, -0.2) is 67.4 Å². The Morgan fingerprint density at radius 1 is 1.00 bits per heavy atom. The first kappa shape index (κ1) is 22.1. The zero-order valence-corrected chi connectivity index (χ0v) is 20.1. The molecule has 1 aliphatic heterocycles. The van der Waals surface area contributed by atoms with Crippen LogP contribution < -0.4 is 5.32 Å². The van der Waals surface area contributed by atoms with Crippen molar-refractivity contribution in [2.45, 2.75) is 45.1 Å². The maximum atomic E-state index is 12.7. The lowest BCUT2D eigenvalue weighted by molar-refractivity contribution is -0.177. The van der Waals surface area contributed by atoms with Crippen LogP contribution in [-0.2, 0) is 20.9 Å². The molecule has 34 heavy (non-hydrogen) atoms. The number of rotatable bonds is 7. The van der Waals surface area contributed by atoms with E-state index in [2.05, 4.69) is 10.2 Å². The van der Waals surface area contributed by atoms with Gasteiger partial charge in [0.1, 0.15) is 0 Å². The molecule has 182 valence electrons. The Morgan fingerprint density at radius 3 is 2.26 bits per heavy atom. The molecule has 5 fully saturated rings. The summed E-state index contributed by atoms with van der Waals surface area (Å²) in [6.07, 6.45) is 7.19. The van der Waals surface area contributed by atoms with E-state index in [9.17, 15) is 14.4 Å². The second-order valence-electron chi connectivity index (χ2n) is 11.6. The number of carbonyl (C=O) groups is 3. The van der Waals surface area contributed by atoms with E-state index in [1.54, 1.807) is 12.1 Å². The number of hydrogen-bond donors (Lipinski definition) is 1. The third-order valence-electron chi connectivity index (χ3n) is 9.94. The normalized spacial score (nSPS) is 35.2. The topological polar surface area (TPSA) is 79.0 Å². The number of piperazine rings is 1. The molecule has 4 saturated carbocycles. The SMILES string of the molecule is COC(=O)c1ccc(CN2CCN(C(=O)CNC(=O)CC34CC5CC6CC(C3)C65C4)CC2)cc1. The highest BCUT2D eigenvalue weighted by Gasteiger charge is 2.77. The van der Waals surface area contributed by atoms with Gasteiger partial charge in [0.05, 0.1) is 19.2 Å². The first-order valence-electron chi connectivity index (χ1n) is 12.8. The first-order valence-corrected chi connectivity index (χ1v) is 12.8. The standard InChI is InChI=1S/C27H35N3O4/c1-34-25(33)19-4-2-18(3-5-19)16-29-6-8-30(9-7-29)24(32)15-28-23(31)14-26-12-21-10-20-11-22(13-26)27(20,21)17-26/h2-5,20-22H,6-17H2,1H3,(H,28,31). The van der Waals surface area contributed by atoms with Gasteiger partial charge in [-0.05, 0) is 78.4 Å². The molecule has 1 aromatic carbocycles. The van der Waals surface area contributed by atoms with Crippen molar-refractivity contribution in [1.82, 2.24) is 15.1 Å². The molecular weight excluding hydrogens is 430 g/mol. The second kappa shape index (κ2) is 8.08. The zero-order chi connectivity index (χ0) is 23.5.